The molecule has 2 aromatic rings. The van der Waals surface area contributed by atoms with Crippen molar-refractivity contribution in [3.05, 3.63) is 52.0 Å². The Morgan fingerprint density at radius 2 is 1.93 bits per heavy atom. The zero-order valence-electron chi connectivity index (χ0n) is 17.2. The summed E-state index contributed by atoms with van der Waals surface area (Å²) in [7, 11) is 0. The Hall–Kier alpha value is -2.09. The summed E-state index contributed by atoms with van der Waals surface area (Å²) in [6.07, 6.45) is 0. The first kappa shape index (κ1) is 22.6. The van der Waals surface area contributed by atoms with Gasteiger partial charge in [0.2, 0.25) is 0 Å². The maximum Gasteiger partial charge on any atom is 0.321 e. The van der Waals surface area contributed by atoms with Crippen LogP contribution in [0.25, 0.3) is 0 Å². The highest BCUT2D eigenvalue weighted by Gasteiger charge is 2.31. The summed E-state index contributed by atoms with van der Waals surface area (Å²) in [5.74, 6) is 1.47. The summed E-state index contributed by atoms with van der Waals surface area (Å²) in [5, 5.41) is 12.5. The SMILES string of the molecule is CCOc1cc(C2NC(C(=O)O)CS2)cc(Cl)c1OCCOc1cc(C)ccc1C. The highest BCUT2D eigenvalue weighted by molar-refractivity contribution is 7.99. The Morgan fingerprint density at radius 3 is 2.63 bits per heavy atom. The van der Waals surface area contributed by atoms with Crippen molar-refractivity contribution in [2.24, 2.45) is 0 Å². The van der Waals surface area contributed by atoms with Crippen LogP contribution in [0.15, 0.2) is 30.3 Å². The van der Waals surface area contributed by atoms with Crippen LogP contribution in [0, 0.1) is 13.8 Å². The molecule has 0 aromatic heterocycles. The first-order valence-corrected chi connectivity index (χ1v) is 11.2. The van der Waals surface area contributed by atoms with Gasteiger partial charge in [0.25, 0.3) is 0 Å². The Morgan fingerprint density at radius 1 is 1.17 bits per heavy atom. The molecule has 162 valence electrons. The van der Waals surface area contributed by atoms with Crippen LogP contribution in [0.4, 0.5) is 0 Å². The van der Waals surface area contributed by atoms with E-state index in [0.717, 1.165) is 22.4 Å². The average Bonchev–Trinajstić information content (AvgIpc) is 3.20. The van der Waals surface area contributed by atoms with Gasteiger partial charge >= 0.3 is 5.97 Å². The summed E-state index contributed by atoms with van der Waals surface area (Å²) in [4.78, 5) is 11.2. The van der Waals surface area contributed by atoms with E-state index in [2.05, 4.69) is 5.32 Å². The molecule has 1 aliphatic rings. The van der Waals surface area contributed by atoms with Crippen LogP contribution < -0.4 is 19.5 Å². The molecule has 0 aliphatic carbocycles. The smallest absolute Gasteiger partial charge is 0.321 e. The van der Waals surface area contributed by atoms with Gasteiger partial charge in [-0.05, 0) is 55.7 Å². The molecule has 6 nitrogen and oxygen atoms in total. The number of hydrogen-bond acceptors (Lipinski definition) is 6. The molecular formula is C22H26ClNO5S. The van der Waals surface area contributed by atoms with E-state index in [0.29, 0.717) is 42.1 Å². The van der Waals surface area contributed by atoms with E-state index in [1.54, 1.807) is 6.07 Å². The predicted molar refractivity (Wildman–Crippen MR) is 119 cm³/mol. The molecule has 1 heterocycles. The zero-order chi connectivity index (χ0) is 21.7. The van der Waals surface area contributed by atoms with Gasteiger partial charge in [0.05, 0.1) is 17.0 Å². The number of aliphatic carboxylic acids is 1. The van der Waals surface area contributed by atoms with Crippen molar-refractivity contribution >= 4 is 29.3 Å². The van der Waals surface area contributed by atoms with Gasteiger partial charge < -0.3 is 19.3 Å². The van der Waals surface area contributed by atoms with Crippen molar-refractivity contribution in [3.63, 3.8) is 0 Å². The van der Waals surface area contributed by atoms with E-state index in [1.807, 2.05) is 45.0 Å². The minimum Gasteiger partial charge on any atom is -0.490 e. The molecule has 1 saturated heterocycles. The number of nitrogens with one attached hydrogen (secondary N) is 1. The van der Waals surface area contributed by atoms with Gasteiger partial charge in [-0.1, -0.05) is 23.7 Å². The van der Waals surface area contributed by atoms with Crippen LogP contribution in [0.2, 0.25) is 5.02 Å². The lowest BCUT2D eigenvalue weighted by Crippen LogP contribution is -2.33. The normalized spacial score (nSPS) is 18.3. The van der Waals surface area contributed by atoms with Gasteiger partial charge in [-0.15, -0.1) is 11.8 Å². The molecule has 30 heavy (non-hydrogen) atoms. The first-order chi connectivity index (χ1) is 14.4. The van der Waals surface area contributed by atoms with Gasteiger partial charge in [0.15, 0.2) is 11.5 Å². The van der Waals surface area contributed by atoms with E-state index in [9.17, 15) is 9.90 Å². The number of rotatable bonds is 9. The standard InChI is InChI=1S/C22H26ClNO5S/c1-4-27-19-11-15(21-24-17(12-30-21)22(25)26)10-16(23)20(19)29-8-7-28-18-9-13(2)5-6-14(18)3/h5-6,9-11,17,21,24H,4,7-8,12H2,1-3H3,(H,25,26). The van der Waals surface area contributed by atoms with Gasteiger partial charge in [0.1, 0.15) is 25.0 Å². The topological polar surface area (TPSA) is 77.0 Å². The molecule has 1 fully saturated rings. The monoisotopic (exact) mass is 451 g/mol. The fourth-order valence-electron chi connectivity index (χ4n) is 3.11. The van der Waals surface area contributed by atoms with Crippen molar-refractivity contribution in [1.82, 2.24) is 5.32 Å². The van der Waals surface area contributed by atoms with Crippen LogP contribution in [-0.2, 0) is 4.79 Å². The van der Waals surface area contributed by atoms with E-state index < -0.39 is 12.0 Å². The van der Waals surface area contributed by atoms with Crippen LogP contribution in [-0.4, -0.2) is 42.7 Å². The Kier molecular flexibility index (Phi) is 7.75. The van der Waals surface area contributed by atoms with Gasteiger partial charge in [-0.3, -0.25) is 10.1 Å². The van der Waals surface area contributed by atoms with Crippen molar-refractivity contribution in [2.45, 2.75) is 32.2 Å². The molecule has 2 aromatic carbocycles. The lowest BCUT2D eigenvalue weighted by atomic mass is 10.1. The quantitative estimate of drug-likeness (QED) is 0.539. The number of benzene rings is 2. The maximum atomic E-state index is 11.2. The molecule has 2 unspecified atom stereocenters. The Bertz CT molecular complexity index is 907. The number of aryl methyl sites for hydroxylation is 2. The number of halogens is 1. The summed E-state index contributed by atoms with van der Waals surface area (Å²) in [6, 6.07) is 9.14. The lowest BCUT2D eigenvalue weighted by molar-refractivity contribution is -0.138. The molecule has 0 bridgehead atoms. The van der Waals surface area contributed by atoms with Crippen LogP contribution >= 0.6 is 23.4 Å². The van der Waals surface area contributed by atoms with Crippen LogP contribution in [0.1, 0.15) is 29.0 Å². The number of carboxylic acid groups (broad SMARTS) is 1. The van der Waals surface area contributed by atoms with E-state index >= 15 is 0 Å². The molecule has 2 N–H and O–H groups in total. The fraction of sp³-hybridized carbons (Fsp3) is 0.409. The highest BCUT2D eigenvalue weighted by Crippen LogP contribution is 2.42. The molecule has 0 radical (unpaired) electrons. The second-order valence-electron chi connectivity index (χ2n) is 7.00. The molecule has 1 aliphatic heterocycles. The lowest BCUT2D eigenvalue weighted by Gasteiger charge is -2.18. The summed E-state index contributed by atoms with van der Waals surface area (Å²) in [5.41, 5.74) is 3.06. The summed E-state index contributed by atoms with van der Waals surface area (Å²) in [6.45, 7) is 7.05. The number of thioether (sulfide) groups is 1. The Labute approximate surface area is 185 Å². The minimum absolute atomic E-state index is 0.163. The number of carbonyl (C=O) groups is 1. The molecule has 3 rings (SSSR count). The predicted octanol–water partition coefficient (Wildman–Crippen LogP) is 4.60. The van der Waals surface area contributed by atoms with E-state index in [-0.39, 0.29) is 5.37 Å². The molecule has 0 amide bonds. The maximum absolute atomic E-state index is 11.2. The van der Waals surface area contributed by atoms with Crippen LogP contribution in [0.5, 0.6) is 17.2 Å². The van der Waals surface area contributed by atoms with Crippen LogP contribution in [0.3, 0.4) is 0 Å². The van der Waals surface area contributed by atoms with Crippen molar-refractivity contribution in [1.29, 1.82) is 0 Å². The molecular weight excluding hydrogens is 426 g/mol. The van der Waals surface area contributed by atoms with Crippen molar-refractivity contribution in [2.75, 3.05) is 25.6 Å². The highest BCUT2D eigenvalue weighted by atomic mass is 35.5. The molecule has 2 atom stereocenters. The minimum atomic E-state index is -0.857. The molecule has 8 heteroatoms. The number of hydrogen-bond donors (Lipinski definition) is 2. The van der Waals surface area contributed by atoms with Gasteiger partial charge in [-0.25, -0.2) is 0 Å². The number of carboxylic acids is 1. The van der Waals surface area contributed by atoms with Crippen molar-refractivity contribution in [3.8, 4) is 17.2 Å². The van der Waals surface area contributed by atoms with Crippen molar-refractivity contribution < 1.29 is 24.1 Å². The third-order valence-corrected chi connectivity index (χ3v) is 6.19. The second kappa shape index (κ2) is 10.3. The first-order valence-electron chi connectivity index (χ1n) is 9.78. The third kappa shape index (κ3) is 5.53. The fourth-order valence-corrected chi connectivity index (χ4v) is 4.59. The molecule has 0 saturated carbocycles. The number of ether oxygens (including phenoxy) is 3. The molecule has 0 spiro atoms. The summed E-state index contributed by atoms with van der Waals surface area (Å²) >= 11 is 8.02. The van der Waals surface area contributed by atoms with E-state index in [4.69, 9.17) is 25.8 Å². The van der Waals surface area contributed by atoms with Gasteiger partial charge in [0, 0.05) is 5.75 Å². The average molecular weight is 452 g/mol. The third-order valence-electron chi connectivity index (χ3n) is 4.65. The second-order valence-corrected chi connectivity index (χ2v) is 8.55. The summed E-state index contributed by atoms with van der Waals surface area (Å²) < 4.78 is 17.5. The van der Waals surface area contributed by atoms with Gasteiger partial charge in [-0.2, -0.15) is 0 Å². The Balaban J connectivity index is 1.67. The largest absolute Gasteiger partial charge is 0.490 e. The van der Waals surface area contributed by atoms with E-state index in [1.165, 1.54) is 11.8 Å². The zero-order valence-corrected chi connectivity index (χ0v) is 18.8.